The van der Waals surface area contributed by atoms with Gasteiger partial charge in [0.1, 0.15) is 26.2 Å². The van der Waals surface area contributed by atoms with Crippen LogP contribution in [0.2, 0.25) is 0 Å². The summed E-state index contributed by atoms with van der Waals surface area (Å²) in [5.41, 5.74) is 0. The number of carbonyl (C=O) groups excluding carboxylic acids is 1. The van der Waals surface area contributed by atoms with E-state index in [1.165, 1.54) is 4.90 Å². The smallest absolute Gasteiger partial charge is 0.278 e. The van der Waals surface area contributed by atoms with Crippen LogP contribution in [0.3, 0.4) is 0 Å². The van der Waals surface area contributed by atoms with Crippen molar-refractivity contribution < 1.29 is 14.6 Å². The molecule has 0 unspecified atom stereocenters. The highest BCUT2D eigenvalue weighted by Crippen LogP contribution is 1.77. The summed E-state index contributed by atoms with van der Waals surface area (Å²) < 4.78 is 0. The topological polar surface area (TPSA) is 38.0 Å². The standard InChI is InChI=1S/C11H21N3O/c1-4-5-12-11(15)10(2)14-8-6-13(3)7-9-14/h4,10H,1,5-9H2,2-3H3,(H,12,15)/p+2/t10-/m1/s1. The average Bonchev–Trinajstić information content (AvgIpc) is 2.26. The molecule has 1 fully saturated rings. The normalized spacial score (nSPS) is 28.1. The maximum absolute atomic E-state index is 11.7. The molecule has 0 aliphatic carbocycles. The number of quaternary nitrogens is 2. The molecule has 0 spiro atoms. The maximum Gasteiger partial charge on any atom is 0.278 e. The second kappa shape index (κ2) is 5.88. The third kappa shape index (κ3) is 3.64. The minimum atomic E-state index is 0.0676. The van der Waals surface area contributed by atoms with Crippen molar-refractivity contribution in [3.05, 3.63) is 12.7 Å². The molecule has 1 saturated heterocycles. The minimum absolute atomic E-state index is 0.0676. The number of piperazine rings is 1. The summed E-state index contributed by atoms with van der Waals surface area (Å²) in [7, 11) is 2.21. The molecule has 0 bridgehead atoms. The van der Waals surface area contributed by atoms with Crippen LogP contribution in [-0.2, 0) is 4.79 Å². The zero-order valence-corrected chi connectivity index (χ0v) is 9.81. The van der Waals surface area contributed by atoms with Crippen molar-refractivity contribution in [1.82, 2.24) is 5.32 Å². The molecule has 1 atom stereocenters. The molecule has 4 heteroatoms. The molecule has 1 aliphatic heterocycles. The summed E-state index contributed by atoms with van der Waals surface area (Å²) in [5, 5.41) is 2.86. The van der Waals surface area contributed by atoms with Gasteiger partial charge >= 0.3 is 0 Å². The molecule has 3 N–H and O–H groups in total. The largest absolute Gasteiger partial charge is 0.347 e. The second-order valence-electron chi connectivity index (χ2n) is 4.37. The van der Waals surface area contributed by atoms with Crippen molar-refractivity contribution in [2.24, 2.45) is 0 Å². The van der Waals surface area contributed by atoms with Crippen LogP contribution in [0.1, 0.15) is 6.92 Å². The molecular formula is C11H23N3O+2. The third-order valence-corrected chi connectivity index (χ3v) is 3.17. The van der Waals surface area contributed by atoms with E-state index >= 15 is 0 Å². The van der Waals surface area contributed by atoms with E-state index < -0.39 is 0 Å². The summed E-state index contributed by atoms with van der Waals surface area (Å²) in [6, 6.07) is 0.0676. The number of amides is 1. The summed E-state index contributed by atoms with van der Waals surface area (Å²) in [5.74, 6) is 0.143. The first kappa shape index (κ1) is 12.2. The van der Waals surface area contributed by atoms with Crippen LogP contribution < -0.4 is 15.1 Å². The first-order valence-electron chi connectivity index (χ1n) is 5.69. The molecule has 0 radical (unpaired) electrons. The van der Waals surface area contributed by atoms with E-state index in [1.54, 1.807) is 11.0 Å². The molecule has 1 heterocycles. The number of carbonyl (C=O) groups is 1. The van der Waals surface area contributed by atoms with Gasteiger partial charge in [0.25, 0.3) is 5.91 Å². The summed E-state index contributed by atoms with van der Waals surface area (Å²) in [6.45, 7) is 10.7. The quantitative estimate of drug-likeness (QED) is 0.430. The van der Waals surface area contributed by atoms with Gasteiger partial charge in [0, 0.05) is 6.54 Å². The summed E-state index contributed by atoms with van der Waals surface area (Å²) in [4.78, 5) is 14.7. The predicted molar refractivity (Wildman–Crippen MR) is 60.0 cm³/mol. The lowest BCUT2D eigenvalue weighted by molar-refractivity contribution is -1.01. The fraction of sp³-hybridized carbons (Fsp3) is 0.727. The van der Waals surface area contributed by atoms with Crippen LogP contribution in [0.4, 0.5) is 0 Å². The summed E-state index contributed by atoms with van der Waals surface area (Å²) >= 11 is 0. The molecular weight excluding hydrogens is 190 g/mol. The van der Waals surface area contributed by atoms with Gasteiger partial charge in [-0.1, -0.05) is 6.08 Å². The highest BCUT2D eigenvalue weighted by atomic mass is 16.2. The lowest BCUT2D eigenvalue weighted by Crippen LogP contribution is -3.29. The molecule has 1 amide bonds. The Morgan fingerprint density at radius 1 is 1.47 bits per heavy atom. The van der Waals surface area contributed by atoms with Crippen molar-refractivity contribution in [3.63, 3.8) is 0 Å². The summed E-state index contributed by atoms with van der Waals surface area (Å²) in [6.07, 6.45) is 1.72. The Balaban J connectivity index is 2.35. The van der Waals surface area contributed by atoms with E-state index in [4.69, 9.17) is 0 Å². The van der Waals surface area contributed by atoms with E-state index in [-0.39, 0.29) is 11.9 Å². The molecule has 86 valence electrons. The molecule has 1 aliphatic rings. The number of hydrogen-bond acceptors (Lipinski definition) is 1. The van der Waals surface area contributed by atoms with Gasteiger partial charge in [-0.05, 0) is 6.92 Å². The Bertz CT molecular complexity index is 222. The van der Waals surface area contributed by atoms with Crippen LogP contribution >= 0.6 is 0 Å². The molecule has 0 aromatic carbocycles. The van der Waals surface area contributed by atoms with Crippen molar-refractivity contribution in [2.75, 3.05) is 39.8 Å². The highest BCUT2D eigenvalue weighted by Gasteiger charge is 2.29. The number of nitrogens with one attached hydrogen (secondary N) is 3. The van der Waals surface area contributed by atoms with E-state index in [9.17, 15) is 4.79 Å². The van der Waals surface area contributed by atoms with E-state index in [0.29, 0.717) is 6.54 Å². The van der Waals surface area contributed by atoms with Gasteiger partial charge in [-0.2, -0.15) is 0 Å². The number of rotatable bonds is 4. The third-order valence-electron chi connectivity index (χ3n) is 3.17. The van der Waals surface area contributed by atoms with Gasteiger partial charge in [-0.15, -0.1) is 6.58 Å². The zero-order valence-electron chi connectivity index (χ0n) is 9.81. The van der Waals surface area contributed by atoms with E-state index in [2.05, 4.69) is 18.9 Å². The van der Waals surface area contributed by atoms with Crippen molar-refractivity contribution in [2.45, 2.75) is 13.0 Å². The first-order chi connectivity index (χ1) is 7.15. The van der Waals surface area contributed by atoms with Crippen LogP contribution in [0, 0.1) is 0 Å². The Labute approximate surface area is 91.9 Å². The van der Waals surface area contributed by atoms with E-state index in [1.807, 2.05) is 6.92 Å². The van der Waals surface area contributed by atoms with Gasteiger partial charge < -0.3 is 15.1 Å². The van der Waals surface area contributed by atoms with E-state index in [0.717, 1.165) is 26.2 Å². The number of hydrogen-bond donors (Lipinski definition) is 3. The molecule has 0 saturated carbocycles. The van der Waals surface area contributed by atoms with Crippen LogP contribution in [-0.4, -0.2) is 51.7 Å². The van der Waals surface area contributed by atoms with Gasteiger partial charge in [0.15, 0.2) is 6.04 Å². The SMILES string of the molecule is C=CCNC(=O)[C@@H](C)[NH+]1CC[NH+](C)CC1. The van der Waals surface area contributed by atoms with Gasteiger partial charge in [0.05, 0.1) is 7.05 Å². The van der Waals surface area contributed by atoms with Crippen molar-refractivity contribution in [1.29, 1.82) is 0 Å². The molecule has 0 aromatic heterocycles. The lowest BCUT2D eigenvalue weighted by atomic mass is 10.2. The maximum atomic E-state index is 11.7. The number of likely N-dealkylation sites (N-methyl/N-ethyl adjacent to an activating group) is 1. The first-order valence-corrected chi connectivity index (χ1v) is 5.69. The second-order valence-corrected chi connectivity index (χ2v) is 4.37. The van der Waals surface area contributed by atoms with Crippen molar-refractivity contribution >= 4 is 5.91 Å². The average molecular weight is 213 g/mol. The van der Waals surface area contributed by atoms with Gasteiger partial charge in [-0.25, -0.2) is 0 Å². The Morgan fingerprint density at radius 2 is 2.07 bits per heavy atom. The Kier molecular flexibility index (Phi) is 4.78. The molecule has 0 aromatic rings. The molecule has 1 rings (SSSR count). The van der Waals surface area contributed by atoms with Gasteiger partial charge in [0.2, 0.25) is 0 Å². The minimum Gasteiger partial charge on any atom is -0.347 e. The highest BCUT2D eigenvalue weighted by molar-refractivity contribution is 5.80. The monoisotopic (exact) mass is 213 g/mol. The van der Waals surface area contributed by atoms with Crippen LogP contribution in [0.15, 0.2) is 12.7 Å². The Hall–Kier alpha value is -0.870. The lowest BCUT2D eigenvalue weighted by Gasteiger charge is -2.30. The van der Waals surface area contributed by atoms with Gasteiger partial charge in [-0.3, -0.25) is 4.79 Å². The molecule has 4 nitrogen and oxygen atoms in total. The Morgan fingerprint density at radius 3 is 2.60 bits per heavy atom. The fourth-order valence-electron chi connectivity index (χ4n) is 1.94. The zero-order chi connectivity index (χ0) is 11.3. The molecule has 15 heavy (non-hydrogen) atoms. The van der Waals surface area contributed by atoms with Crippen molar-refractivity contribution in [3.8, 4) is 0 Å². The van der Waals surface area contributed by atoms with Crippen LogP contribution in [0.5, 0.6) is 0 Å². The van der Waals surface area contributed by atoms with Crippen LogP contribution in [0.25, 0.3) is 0 Å². The predicted octanol–water partition coefficient (Wildman–Crippen LogP) is -2.91. The fourth-order valence-corrected chi connectivity index (χ4v) is 1.94.